The van der Waals surface area contributed by atoms with E-state index in [1.165, 1.54) is 10.4 Å². The van der Waals surface area contributed by atoms with Gasteiger partial charge in [0.15, 0.2) is 5.84 Å². The fourth-order valence-corrected chi connectivity index (χ4v) is 5.27. The van der Waals surface area contributed by atoms with E-state index in [-0.39, 0.29) is 18.6 Å². The predicted octanol–water partition coefficient (Wildman–Crippen LogP) is 4.31. The van der Waals surface area contributed by atoms with Crippen molar-refractivity contribution < 1.29 is 9.53 Å². The van der Waals surface area contributed by atoms with Crippen LogP contribution >= 0.6 is 11.3 Å². The predicted molar refractivity (Wildman–Crippen MR) is 132 cm³/mol. The van der Waals surface area contributed by atoms with Crippen molar-refractivity contribution in [2.45, 2.75) is 65.8 Å². The molecule has 0 aliphatic carbocycles. The number of carbonyl (C=O) groups is 1. The number of ether oxygens (including phenoxy) is 1. The minimum absolute atomic E-state index is 0.0169. The van der Waals surface area contributed by atoms with Gasteiger partial charge in [-0.15, -0.1) is 11.3 Å². The molecule has 32 heavy (non-hydrogen) atoms. The van der Waals surface area contributed by atoms with Gasteiger partial charge in [-0.3, -0.25) is 19.7 Å². The number of rotatable bonds is 3. The van der Waals surface area contributed by atoms with Gasteiger partial charge in [-0.1, -0.05) is 12.1 Å². The molecule has 0 saturated heterocycles. The molecule has 7 nitrogen and oxygen atoms in total. The number of fused-ring (bicyclic) bond motifs is 3. The molecule has 2 unspecified atom stereocenters. The van der Waals surface area contributed by atoms with Crippen LogP contribution in [-0.4, -0.2) is 47.4 Å². The number of amidine groups is 1. The van der Waals surface area contributed by atoms with E-state index in [0.717, 1.165) is 27.7 Å². The number of nitrogens with two attached hydrogens (primary N) is 1. The van der Waals surface area contributed by atoms with Gasteiger partial charge in [0, 0.05) is 28.7 Å². The van der Waals surface area contributed by atoms with E-state index in [1.807, 2.05) is 57.1 Å². The summed E-state index contributed by atoms with van der Waals surface area (Å²) in [6.45, 7) is 12.0. The molecular formula is C24H31N5O2S. The zero-order valence-corrected chi connectivity index (χ0v) is 20.6. The summed E-state index contributed by atoms with van der Waals surface area (Å²) in [5, 5.41) is 7.85. The lowest BCUT2D eigenvalue weighted by molar-refractivity contribution is -0.154. The Labute approximate surface area is 193 Å². The first-order valence-electron chi connectivity index (χ1n) is 10.8. The molecule has 2 aliphatic heterocycles. The van der Waals surface area contributed by atoms with Gasteiger partial charge in [-0.2, -0.15) is 5.10 Å². The summed E-state index contributed by atoms with van der Waals surface area (Å²) < 4.78 is 5.63. The van der Waals surface area contributed by atoms with Crippen molar-refractivity contribution in [3.63, 3.8) is 0 Å². The lowest BCUT2D eigenvalue weighted by Crippen LogP contribution is -2.42. The zero-order chi connectivity index (χ0) is 23.4. The molecule has 170 valence electrons. The van der Waals surface area contributed by atoms with E-state index in [1.54, 1.807) is 11.3 Å². The normalized spacial score (nSPS) is 20.3. The van der Waals surface area contributed by atoms with Crippen molar-refractivity contribution in [1.29, 1.82) is 0 Å². The van der Waals surface area contributed by atoms with E-state index >= 15 is 0 Å². The lowest BCUT2D eigenvalue weighted by atomic mass is 9.99. The molecule has 1 aromatic carbocycles. The number of hydrogen-bond acceptors (Lipinski definition) is 8. The zero-order valence-electron chi connectivity index (χ0n) is 19.8. The van der Waals surface area contributed by atoms with E-state index < -0.39 is 11.6 Å². The molecule has 0 radical (unpaired) electrons. The number of thiophene rings is 1. The highest BCUT2D eigenvalue weighted by molar-refractivity contribution is 7.17. The largest absolute Gasteiger partial charge is 0.460 e. The molecule has 0 bridgehead atoms. The van der Waals surface area contributed by atoms with Crippen molar-refractivity contribution in [3.05, 3.63) is 45.8 Å². The number of anilines is 2. The van der Waals surface area contributed by atoms with Crippen LogP contribution in [0.5, 0.6) is 0 Å². The van der Waals surface area contributed by atoms with Crippen molar-refractivity contribution in [3.8, 4) is 0 Å². The molecule has 4 rings (SSSR count). The minimum atomic E-state index is -0.557. The van der Waals surface area contributed by atoms with Gasteiger partial charge in [-0.25, -0.2) is 0 Å². The third-order valence-electron chi connectivity index (χ3n) is 5.79. The van der Waals surface area contributed by atoms with Gasteiger partial charge in [-0.05, 0) is 59.2 Å². The third kappa shape index (κ3) is 3.99. The van der Waals surface area contributed by atoms with Crippen molar-refractivity contribution >= 4 is 39.5 Å². The molecule has 2 aliphatic rings. The molecule has 8 heteroatoms. The molecule has 0 fully saturated rings. The monoisotopic (exact) mass is 453 g/mol. The summed E-state index contributed by atoms with van der Waals surface area (Å²) in [7, 11) is 1.95. The van der Waals surface area contributed by atoms with Gasteiger partial charge < -0.3 is 10.5 Å². The second-order valence-electron chi connectivity index (χ2n) is 9.40. The van der Waals surface area contributed by atoms with Gasteiger partial charge in [0.05, 0.1) is 12.1 Å². The van der Waals surface area contributed by atoms with E-state index in [9.17, 15) is 4.79 Å². The van der Waals surface area contributed by atoms with Crippen LogP contribution in [0.2, 0.25) is 0 Å². The maximum Gasteiger partial charge on any atom is 0.308 e. The molecule has 0 spiro atoms. The third-order valence-corrected chi connectivity index (χ3v) is 7.00. The first-order chi connectivity index (χ1) is 15.0. The summed E-state index contributed by atoms with van der Waals surface area (Å²) in [4.78, 5) is 21.4. The Morgan fingerprint density at radius 3 is 2.50 bits per heavy atom. The Hall–Kier alpha value is -2.87. The second-order valence-corrected chi connectivity index (χ2v) is 10.6. The maximum atomic E-state index is 12.8. The van der Waals surface area contributed by atoms with Crippen LogP contribution in [0.1, 0.15) is 55.7 Å². The van der Waals surface area contributed by atoms with E-state index in [4.69, 9.17) is 20.6 Å². The summed E-state index contributed by atoms with van der Waals surface area (Å²) in [6.07, 6.45) is 0.141. The van der Waals surface area contributed by atoms with Crippen molar-refractivity contribution in [1.82, 2.24) is 5.01 Å². The maximum absolute atomic E-state index is 12.8. The minimum Gasteiger partial charge on any atom is -0.460 e. The topological polar surface area (TPSA) is 83.5 Å². The van der Waals surface area contributed by atoms with Crippen LogP contribution < -0.4 is 10.6 Å². The van der Waals surface area contributed by atoms with Crippen LogP contribution in [-0.2, 0) is 9.53 Å². The fourth-order valence-electron chi connectivity index (χ4n) is 4.03. The fraction of sp³-hybridized carbons (Fsp3) is 0.458. The van der Waals surface area contributed by atoms with Crippen molar-refractivity contribution in [2.75, 3.05) is 17.7 Å². The molecule has 2 aromatic rings. The SMILES string of the molecule is Cc1sc2c(c1C)C(c1ccc(N)cc1)=NC(CC(=O)OC(C)(C)C)C1=NN(C)C(C)N12. The van der Waals surface area contributed by atoms with Crippen LogP contribution in [0.15, 0.2) is 34.4 Å². The quantitative estimate of drug-likeness (QED) is 0.553. The summed E-state index contributed by atoms with van der Waals surface area (Å²) in [6, 6.07) is 7.29. The Balaban J connectivity index is 1.89. The van der Waals surface area contributed by atoms with Gasteiger partial charge in [0.1, 0.15) is 22.8 Å². The van der Waals surface area contributed by atoms with Gasteiger partial charge in [0.2, 0.25) is 0 Å². The Morgan fingerprint density at radius 1 is 1.22 bits per heavy atom. The van der Waals surface area contributed by atoms with Crippen LogP contribution in [0.4, 0.5) is 10.7 Å². The average molecular weight is 454 g/mol. The lowest BCUT2D eigenvalue weighted by Gasteiger charge is -2.27. The molecule has 3 heterocycles. The molecule has 1 aromatic heterocycles. The highest BCUT2D eigenvalue weighted by atomic mass is 32.1. The molecule has 2 atom stereocenters. The number of hydrogen-bond donors (Lipinski definition) is 1. The van der Waals surface area contributed by atoms with Crippen LogP contribution in [0.25, 0.3) is 0 Å². The number of carbonyl (C=O) groups excluding carboxylic acids is 1. The Kier molecular flexibility index (Phi) is 5.53. The highest BCUT2D eigenvalue weighted by Gasteiger charge is 2.41. The summed E-state index contributed by atoms with van der Waals surface area (Å²) >= 11 is 1.74. The molecule has 0 amide bonds. The first kappa shape index (κ1) is 22.3. The molecule has 2 N–H and O–H groups in total. The summed E-state index contributed by atoms with van der Waals surface area (Å²) in [5.41, 5.74) is 10.2. The Morgan fingerprint density at radius 2 is 1.88 bits per heavy atom. The number of aryl methyl sites for hydroxylation is 1. The van der Waals surface area contributed by atoms with Crippen LogP contribution in [0.3, 0.4) is 0 Å². The van der Waals surface area contributed by atoms with Gasteiger partial charge >= 0.3 is 5.97 Å². The van der Waals surface area contributed by atoms with Crippen molar-refractivity contribution in [2.24, 2.45) is 10.1 Å². The van der Waals surface area contributed by atoms with Crippen LogP contribution in [0, 0.1) is 13.8 Å². The number of esters is 1. The standard InChI is InChI=1S/C24H31N5O2S/c1-13-14(2)32-23-20(13)21(16-8-10-17(25)11-9-16)26-18(12-19(30)31-24(4,5)6)22-27-28(7)15(3)29(22)23/h8-11,15,18H,12,25H2,1-7H3. The first-order valence-corrected chi connectivity index (χ1v) is 11.6. The van der Waals surface area contributed by atoms with E-state index in [0.29, 0.717) is 5.69 Å². The smallest absolute Gasteiger partial charge is 0.308 e. The Bertz CT molecular complexity index is 1110. The highest BCUT2D eigenvalue weighted by Crippen LogP contribution is 2.42. The number of hydrazone groups is 1. The number of nitrogens with zero attached hydrogens (tertiary/aromatic N) is 4. The van der Waals surface area contributed by atoms with E-state index in [2.05, 4.69) is 25.7 Å². The average Bonchev–Trinajstić information content (AvgIpc) is 3.09. The van der Waals surface area contributed by atoms with Gasteiger partial charge in [0.25, 0.3) is 0 Å². The molecule has 0 saturated carbocycles. The number of benzene rings is 1. The number of aliphatic imine (C=N–C) groups is 1. The number of nitrogen functional groups attached to an aromatic ring is 1. The summed E-state index contributed by atoms with van der Waals surface area (Å²) in [5.74, 6) is 0.490. The second kappa shape index (κ2) is 7.92. The molecular weight excluding hydrogens is 422 g/mol.